The fourth-order valence-electron chi connectivity index (χ4n) is 1.28. The van der Waals surface area contributed by atoms with E-state index in [0.29, 0.717) is 6.07 Å². The standard InChI is InChI=1S/C11H7F4NO2S/c1-2-18-10(17)9-6(5-16)7(12)3-4-8(9)19-11(13,14)15/h3-4H,2H2,1H3. The van der Waals surface area contributed by atoms with Crippen LogP contribution in [0.3, 0.4) is 0 Å². The molecular weight excluding hydrogens is 286 g/mol. The van der Waals surface area contributed by atoms with Crippen molar-refractivity contribution in [3.8, 4) is 6.07 Å². The van der Waals surface area contributed by atoms with E-state index in [-0.39, 0.29) is 6.61 Å². The number of thioether (sulfide) groups is 1. The van der Waals surface area contributed by atoms with Crippen molar-refractivity contribution in [2.24, 2.45) is 0 Å². The molecule has 0 fully saturated rings. The third-order valence-electron chi connectivity index (χ3n) is 1.93. The Morgan fingerprint density at radius 2 is 2.11 bits per heavy atom. The van der Waals surface area contributed by atoms with E-state index in [1.54, 1.807) is 0 Å². The van der Waals surface area contributed by atoms with Gasteiger partial charge in [0, 0.05) is 4.90 Å². The summed E-state index contributed by atoms with van der Waals surface area (Å²) in [6.07, 6.45) is 0. The van der Waals surface area contributed by atoms with Crippen molar-refractivity contribution in [1.82, 2.24) is 0 Å². The summed E-state index contributed by atoms with van der Waals surface area (Å²) < 4.78 is 54.9. The number of carbonyl (C=O) groups excluding carboxylic acids is 1. The maximum absolute atomic E-state index is 13.3. The number of carbonyl (C=O) groups is 1. The first kappa shape index (κ1) is 15.3. The lowest BCUT2D eigenvalue weighted by Crippen LogP contribution is -2.12. The molecule has 0 atom stereocenters. The zero-order chi connectivity index (χ0) is 14.6. The summed E-state index contributed by atoms with van der Waals surface area (Å²) >= 11 is -0.599. The first-order valence-electron chi connectivity index (χ1n) is 4.95. The normalized spacial score (nSPS) is 10.9. The molecule has 0 saturated carbocycles. The Labute approximate surface area is 110 Å². The molecule has 1 aromatic rings. The number of nitriles is 1. The molecule has 3 nitrogen and oxygen atoms in total. The second-order valence-electron chi connectivity index (χ2n) is 3.18. The molecule has 0 aromatic heterocycles. The Morgan fingerprint density at radius 3 is 2.58 bits per heavy atom. The van der Waals surface area contributed by atoms with Crippen LogP contribution in [-0.4, -0.2) is 18.1 Å². The molecule has 8 heteroatoms. The number of nitrogens with zero attached hydrogens (tertiary/aromatic N) is 1. The van der Waals surface area contributed by atoms with E-state index in [2.05, 4.69) is 4.74 Å². The average Bonchev–Trinajstić information content (AvgIpc) is 2.29. The van der Waals surface area contributed by atoms with Crippen molar-refractivity contribution in [3.63, 3.8) is 0 Å². The summed E-state index contributed by atoms with van der Waals surface area (Å²) in [6.45, 7) is 1.34. The number of alkyl halides is 3. The van der Waals surface area contributed by atoms with Gasteiger partial charge in [0.05, 0.1) is 12.2 Å². The molecule has 0 aliphatic carbocycles. The van der Waals surface area contributed by atoms with Gasteiger partial charge in [0.1, 0.15) is 17.4 Å². The monoisotopic (exact) mass is 293 g/mol. The van der Waals surface area contributed by atoms with E-state index >= 15 is 0 Å². The first-order chi connectivity index (χ1) is 8.80. The molecule has 0 radical (unpaired) electrons. The van der Waals surface area contributed by atoms with E-state index in [1.807, 2.05) is 0 Å². The van der Waals surface area contributed by atoms with Crippen LogP contribution in [0.4, 0.5) is 17.6 Å². The molecule has 1 aromatic carbocycles. The molecule has 1 rings (SSSR count). The molecule has 0 saturated heterocycles. The van der Waals surface area contributed by atoms with Gasteiger partial charge in [-0.25, -0.2) is 9.18 Å². The van der Waals surface area contributed by atoms with Crippen molar-refractivity contribution in [1.29, 1.82) is 5.26 Å². The maximum atomic E-state index is 13.3. The van der Waals surface area contributed by atoms with Gasteiger partial charge in [-0.05, 0) is 30.8 Å². The van der Waals surface area contributed by atoms with Crippen LogP contribution < -0.4 is 0 Å². The summed E-state index contributed by atoms with van der Waals surface area (Å²) in [5.74, 6) is -2.23. The molecule has 0 aliphatic heterocycles. The quantitative estimate of drug-likeness (QED) is 0.486. The third-order valence-corrected chi connectivity index (χ3v) is 2.72. The lowest BCUT2D eigenvalue weighted by atomic mass is 10.1. The first-order valence-corrected chi connectivity index (χ1v) is 5.77. The van der Waals surface area contributed by atoms with E-state index in [1.165, 1.54) is 13.0 Å². The Bertz CT molecular complexity index is 537. The van der Waals surface area contributed by atoms with Gasteiger partial charge in [0.25, 0.3) is 0 Å². The highest BCUT2D eigenvalue weighted by Crippen LogP contribution is 2.40. The molecule has 19 heavy (non-hydrogen) atoms. The lowest BCUT2D eigenvalue weighted by Gasteiger charge is -2.12. The van der Waals surface area contributed by atoms with Crippen LogP contribution in [0.5, 0.6) is 0 Å². The maximum Gasteiger partial charge on any atom is 0.446 e. The van der Waals surface area contributed by atoms with Gasteiger partial charge in [0.15, 0.2) is 0 Å². The number of rotatable bonds is 3. The summed E-state index contributed by atoms with van der Waals surface area (Å²) in [5, 5.41) is 8.75. The molecule has 102 valence electrons. The number of hydrogen-bond donors (Lipinski definition) is 0. The summed E-state index contributed by atoms with van der Waals surface area (Å²) in [7, 11) is 0. The fourth-order valence-corrected chi connectivity index (χ4v) is 1.96. The van der Waals surface area contributed by atoms with Crippen LogP contribution in [0.15, 0.2) is 17.0 Å². The molecular formula is C11H7F4NO2S. The zero-order valence-electron chi connectivity index (χ0n) is 9.55. The van der Waals surface area contributed by atoms with Crippen molar-refractivity contribution >= 4 is 17.7 Å². The smallest absolute Gasteiger partial charge is 0.446 e. The molecule has 0 spiro atoms. The van der Waals surface area contributed by atoms with Crippen LogP contribution in [0.25, 0.3) is 0 Å². The van der Waals surface area contributed by atoms with Gasteiger partial charge in [-0.3, -0.25) is 0 Å². The summed E-state index contributed by atoms with van der Waals surface area (Å²) in [6, 6.07) is 2.87. The fraction of sp³-hybridized carbons (Fsp3) is 0.273. The Kier molecular flexibility index (Phi) is 4.78. The minimum Gasteiger partial charge on any atom is -0.462 e. The van der Waals surface area contributed by atoms with Crippen LogP contribution in [0, 0.1) is 17.1 Å². The second-order valence-corrected chi connectivity index (χ2v) is 4.28. The van der Waals surface area contributed by atoms with Gasteiger partial charge < -0.3 is 4.74 Å². The third kappa shape index (κ3) is 3.86. The molecule has 0 unspecified atom stereocenters. The lowest BCUT2D eigenvalue weighted by molar-refractivity contribution is -0.0328. The molecule has 0 bridgehead atoms. The average molecular weight is 293 g/mol. The van der Waals surface area contributed by atoms with Crippen LogP contribution in [0.2, 0.25) is 0 Å². The van der Waals surface area contributed by atoms with Gasteiger partial charge >= 0.3 is 11.5 Å². The molecule has 0 amide bonds. The summed E-state index contributed by atoms with van der Waals surface area (Å²) in [5.41, 5.74) is -6.12. The van der Waals surface area contributed by atoms with Gasteiger partial charge in [-0.1, -0.05) is 0 Å². The molecule has 0 heterocycles. The summed E-state index contributed by atoms with van der Waals surface area (Å²) in [4.78, 5) is 11.0. The highest BCUT2D eigenvalue weighted by molar-refractivity contribution is 8.00. The second kappa shape index (κ2) is 5.93. The van der Waals surface area contributed by atoms with E-state index in [0.717, 1.165) is 6.07 Å². The number of halogens is 4. The zero-order valence-corrected chi connectivity index (χ0v) is 10.4. The SMILES string of the molecule is CCOC(=O)c1c(SC(F)(F)F)ccc(F)c1C#N. The highest BCUT2D eigenvalue weighted by Gasteiger charge is 2.33. The van der Waals surface area contributed by atoms with Gasteiger partial charge in [-0.2, -0.15) is 18.4 Å². The minimum absolute atomic E-state index is 0.101. The van der Waals surface area contributed by atoms with Gasteiger partial charge in [0.2, 0.25) is 0 Å². The van der Waals surface area contributed by atoms with Gasteiger partial charge in [-0.15, -0.1) is 0 Å². The Balaban J connectivity index is 3.39. The predicted molar refractivity (Wildman–Crippen MR) is 59.0 cm³/mol. The molecule has 0 aliphatic rings. The van der Waals surface area contributed by atoms with Crippen LogP contribution in [-0.2, 0) is 4.74 Å². The number of ether oxygens (including phenoxy) is 1. The molecule has 0 N–H and O–H groups in total. The number of esters is 1. The Hall–Kier alpha value is -1.75. The largest absolute Gasteiger partial charge is 0.462 e. The van der Waals surface area contributed by atoms with Crippen molar-refractivity contribution in [2.75, 3.05) is 6.61 Å². The number of hydrogen-bond acceptors (Lipinski definition) is 4. The highest BCUT2D eigenvalue weighted by atomic mass is 32.2. The van der Waals surface area contributed by atoms with Crippen molar-refractivity contribution in [3.05, 3.63) is 29.1 Å². The Morgan fingerprint density at radius 1 is 1.47 bits per heavy atom. The van der Waals surface area contributed by atoms with Crippen molar-refractivity contribution in [2.45, 2.75) is 17.3 Å². The van der Waals surface area contributed by atoms with Crippen LogP contribution >= 0.6 is 11.8 Å². The van der Waals surface area contributed by atoms with E-state index < -0.39 is 45.1 Å². The van der Waals surface area contributed by atoms with Crippen LogP contribution in [0.1, 0.15) is 22.8 Å². The minimum atomic E-state index is -4.66. The topological polar surface area (TPSA) is 50.1 Å². The predicted octanol–water partition coefficient (Wildman–Crippen LogP) is 3.49. The van der Waals surface area contributed by atoms with Crippen molar-refractivity contribution < 1.29 is 27.1 Å². The number of benzene rings is 1. The van der Waals surface area contributed by atoms with E-state index in [4.69, 9.17) is 5.26 Å². The van der Waals surface area contributed by atoms with E-state index in [9.17, 15) is 22.4 Å².